The standard InChI is InChI=1S/C15H27N3/c1-10(2)13-6-8-14(9-7-13)16-15-11(3)17-18(5)12(15)4/h10,13-14,16H,6-9H2,1-5H3. The lowest BCUT2D eigenvalue weighted by atomic mass is 9.79. The van der Waals surface area contributed by atoms with Crippen LogP contribution in [0.15, 0.2) is 0 Å². The van der Waals surface area contributed by atoms with E-state index in [0.29, 0.717) is 6.04 Å². The summed E-state index contributed by atoms with van der Waals surface area (Å²) in [5.74, 6) is 1.77. The fourth-order valence-corrected chi connectivity index (χ4v) is 3.12. The molecule has 0 saturated heterocycles. The molecule has 18 heavy (non-hydrogen) atoms. The summed E-state index contributed by atoms with van der Waals surface area (Å²) in [5, 5.41) is 8.19. The Balaban J connectivity index is 1.95. The van der Waals surface area contributed by atoms with Gasteiger partial charge in [0.2, 0.25) is 0 Å². The monoisotopic (exact) mass is 249 g/mol. The number of hydrogen-bond donors (Lipinski definition) is 1. The number of hydrogen-bond acceptors (Lipinski definition) is 2. The third kappa shape index (κ3) is 2.70. The van der Waals surface area contributed by atoms with Crippen molar-refractivity contribution >= 4 is 5.69 Å². The molecule has 102 valence electrons. The molecule has 0 aliphatic heterocycles. The Labute approximate surface area is 111 Å². The van der Waals surface area contributed by atoms with Gasteiger partial charge in [-0.3, -0.25) is 4.68 Å². The Hall–Kier alpha value is -0.990. The fourth-order valence-electron chi connectivity index (χ4n) is 3.12. The van der Waals surface area contributed by atoms with Crippen LogP contribution < -0.4 is 5.32 Å². The van der Waals surface area contributed by atoms with Crippen molar-refractivity contribution in [3.8, 4) is 0 Å². The normalized spacial score (nSPS) is 24.6. The molecule has 1 N–H and O–H groups in total. The second-order valence-electron chi connectivity index (χ2n) is 6.17. The van der Waals surface area contributed by atoms with Gasteiger partial charge in [0.1, 0.15) is 0 Å². The van der Waals surface area contributed by atoms with Gasteiger partial charge in [0.25, 0.3) is 0 Å². The van der Waals surface area contributed by atoms with Crippen LogP contribution in [0.5, 0.6) is 0 Å². The number of anilines is 1. The van der Waals surface area contributed by atoms with Crippen molar-refractivity contribution in [2.75, 3.05) is 5.32 Å². The molecular weight excluding hydrogens is 222 g/mol. The molecule has 3 nitrogen and oxygen atoms in total. The van der Waals surface area contributed by atoms with Crippen molar-refractivity contribution < 1.29 is 0 Å². The van der Waals surface area contributed by atoms with Gasteiger partial charge in [0.15, 0.2) is 0 Å². The highest BCUT2D eigenvalue weighted by Crippen LogP contribution is 2.32. The van der Waals surface area contributed by atoms with Crippen LogP contribution in [0.2, 0.25) is 0 Å². The first-order chi connectivity index (χ1) is 8.49. The van der Waals surface area contributed by atoms with Crippen LogP contribution in [0.4, 0.5) is 5.69 Å². The molecule has 2 rings (SSSR count). The number of rotatable bonds is 3. The molecular formula is C15H27N3. The van der Waals surface area contributed by atoms with Gasteiger partial charge in [-0.15, -0.1) is 0 Å². The van der Waals surface area contributed by atoms with Gasteiger partial charge in [-0.1, -0.05) is 13.8 Å². The molecule has 3 heteroatoms. The van der Waals surface area contributed by atoms with E-state index in [2.05, 4.69) is 38.1 Å². The minimum absolute atomic E-state index is 0.640. The number of nitrogens with zero attached hydrogens (tertiary/aromatic N) is 2. The van der Waals surface area contributed by atoms with E-state index >= 15 is 0 Å². The van der Waals surface area contributed by atoms with E-state index in [-0.39, 0.29) is 0 Å². The molecule has 0 unspecified atom stereocenters. The summed E-state index contributed by atoms with van der Waals surface area (Å²) in [4.78, 5) is 0. The molecule has 1 saturated carbocycles. The quantitative estimate of drug-likeness (QED) is 0.886. The van der Waals surface area contributed by atoms with E-state index in [9.17, 15) is 0 Å². The zero-order valence-corrected chi connectivity index (χ0v) is 12.5. The fraction of sp³-hybridized carbons (Fsp3) is 0.800. The van der Waals surface area contributed by atoms with Crippen molar-refractivity contribution in [2.24, 2.45) is 18.9 Å². The van der Waals surface area contributed by atoms with E-state index < -0.39 is 0 Å². The maximum Gasteiger partial charge on any atom is 0.0827 e. The van der Waals surface area contributed by atoms with Crippen LogP contribution in [-0.4, -0.2) is 15.8 Å². The van der Waals surface area contributed by atoms with Gasteiger partial charge in [-0.05, 0) is 51.4 Å². The van der Waals surface area contributed by atoms with Crippen molar-refractivity contribution in [2.45, 2.75) is 59.4 Å². The average Bonchev–Trinajstić information content (AvgIpc) is 2.57. The lowest BCUT2D eigenvalue weighted by Gasteiger charge is -2.31. The Morgan fingerprint density at radius 2 is 1.78 bits per heavy atom. The third-order valence-corrected chi connectivity index (χ3v) is 4.57. The number of aryl methyl sites for hydroxylation is 2. The lowest BCUT2D eigenvalue weighted by molar-refractivity contribution is 0.267. The summed E-state index contributed by atoms with van der Waals surface area (Å²) < 4.78 is 1.97. The van der Waals surface area contributed by atoms with Crippen molar-refractivity contribution in [1.29, 1.82) is 0 Å². The van der Waals surface area contributed by atoms with E-state index in [1.807, 2.05) is 11.7 Å². The zero-order valence-electron chi connectivity index (χ0n) is 12.5. The van der Waals surface area contributed by atoms with Crippen molar-refractivity contribution in [1.82, 2.24) is 9.78 Å². The Morgan fingerprint density at radius 1 is 1.17 bits per heavy atom. The summed E-state index contributed by atoms with van der Waals surface area (Å²) in [7, 11) is 2.02. The highest BCUT2D eigenvalue weighted by molar-refractivity contribution is 5.52. The van der Waals surface area contributed by atoms with Gasteiger partial charge < -0.3 is 5.32 Å². The molecule has 1 aliphatic rings. The molecule has 1 aromatic heterocycles. The first kappa shape index (κ1) is 13.4. The first-order valence-electron chi connectivity index (χ1n) is 7.25. The highest BCUT2D eigenvalue weighted by Gasteiger charge is 2.24. The maximum absolute atomic E-state index is 4.47. The van der Waals surface area contributed by atoms with Crippen LogP contribution in [0, 0.1) is 25.7 Å². The lowest BCUT2D eigenvalue weighted by Crippen LogP contribution is -2.28. The van der Waals surface area contributed by atoms with Crippen LogP contribution in [0.3, 0.4) is 0 Å². The number of nitrogens with one attached hydrogen (secondary N) is 1. The summed E-state index contributed by atoms with van der Waals surface area (Å²) >= 11 is 0. The zero-order chi connectivity index (χ0) is 13.3. The largest absolute Gasteiger partial charge is 0.379 e. The predicted molar refractivity (Wildman–Crippen MR) is 76.9 cm³/mol. The van der Waals surface area contributed by atoms with Gasteiger partial charge in [0, 0.05) is 13.1 Å². The smallest absolute Gasteiger partial charge is 0.0827 e. The summed E-state index contributed by atoms with van der Waals surface area (Å²) in [6.45, 7) is 8.94. The average molecular weight is 249 g/mol. The molecule has 1 heterocycles. The topological polar surface area (TPSA) is 29.9 Å². The van der Waals surface area contributed by atoms with E-state index in [0.717, 1.165) is 17.5 Å². The first-order valence-corrected chi connectivity index (χ1v) is 7.25. The third-order valence-electron chi connectivity index (χ3n) is 4.57. The van der Waals surface area contributed by atoms with Crippen LogP contribution >= 0.6 is 0 Å². The molecule has 0 bridgehead atoms. The molecule has 1 aliphatic carbocycles. The Bertz CT molecular complexity index is 398. The minimum atomic E-state index is 0.640. The van der Waals surface area contributed by atoms with E-state index in [1.54, 1.807) is 0 Å². The molecule has 0 spiro atoms. The Morgan fingerprint density at radius 3 is 2.22 bits per heavy atom. The number of aromatic nitrogens is 2. The van der Waals surface area contributed by atoms with Crippen molar-refractivity contribution in [3.63, 3.8) is 0 Å². The SMILES string of the molecule is Cc1nn(C)c(C)c1NC1CCC(C(C)C)CC1. The molecule has 1 fully saturated rings. The van der Waals surface area contributed by atoms with E-state index in [4.69, 9.17) is 0 Å². The summed E-state index contributed by atoms with van der Waals surface area (Å²) in [6, 6.07) is 0.640. The second-order valence-corrected chi connectivity index (χ2v) is 6.17. The molecule has 0 aromatic carbocycles. The van der Waals surface area contributed by atoms with Gasteiger partial charge >= 0.3 is 0 Å². The maximum atomic E-state index is 4.47. The van der Waals surface area contributed by atoms with Crippen LogP contribution in [0.25, 0.3) is 0 Å². The van der Waals surface area contributed by atoms with E-state index in [1.165, 1.54) is 37.1 Å². The predicted octanol–water partition coefficient (Wildman–Crippen LogP) is 3.66. The molecule has 0 amide bonds. The molecule has 1 aromatic rings. The summed E-state index contributed by atoms with van der Waals surface area (Å²) in [6.07, 6.45) is 5.34. The highest BCUT2D eigenvalue weighted by atomic mass is 15.3. The van der Waals surface area contributed by atoms with Gasteiger partial charge in [-0.25, -0.2) is 0 Å². The molecule has 0 radical (unpaired) electrons. The minimum Gasteiger partial charge on any atom is -0.379 e. The summed E-state index contributed by atoms with van der Waals surface area (Å²) in [5.41, 5.74) is 3.63. The second kappa shape index (κ2) is 5.33. The van der Waals surface area contributed by atoms with Crippen LogP contribution in [-0.2, 0) is 7.05 Å². The van der Waals surface area contributed by atoms with Crippen LogP contribution in [0.1, 0.15) is 50.9 Å². The van der Waals surface area contributed by atoms with Gasteiger partial charge in [-0.2, -0.15) is 5.10 Å². The van der Waals surface area contributed by atoms with Crippen molar-refractivity contribution in [3.05, 3.63) is 11.4 Å². The Kier molecular flexibility index (Phi) is 3.98. The molecule has 0 atom stereocenters. The van der Waals surface area contributed by atoms with Gasteiger partial charge in [0.05, 0.1) is 17.1 Å².